The number of nitrogens with zero attached hydrogens (tertiary/aromatic N) is 3. The molecule has 2 aliphatic rings. The molecule has 1 aromatic carbocycles. The predicted octanol–water partition coefficient (Wildman–Crippen LogP) is 6.23. The van der Waals surface area contributed by atoms with Crippen molar-refractivity contribution in [2.24, 2.45) is 0 Å². The number of carboxylic acid groups (broad SMARTS) is 1. The van der Waals surface area contributed by atoms with E-state index in [4.69, 9.17) is 16.3 Å². The van der Waals surface area contributed by atoms with Gasteiger partial charge in [0.2, 0.25) is 0 Å². The summed E-state index contributed by atoms with van der Waals surface area (Å²) in [4.78, 5) is 24.1. The number of anilines is 1. The smallest absolute Gasteiger partial charge is 0.339 e. The van der Waals surface area contributed by atoms with E-state index in [-0.39, 0.29) is 5.56 Å². The van der Waals surface area contributed by atoms with Crippen LogP contribution in [0.3, 0.4) is 0 Å². The molecule has 0 saturated carbocycles. The monoisotopic (exact) mass is 520 g/mol. The second-order valence-corrected chi connectivity index (χ2v) is 10.1. The minimum Gasteiger partial charge on any atom is -0.478 e. The molecule has 8 heteroatoms. The van der Waals surface area contributed by atoms with Gasteiger partial charge >= 0.3 is 5.97 Å². The normalized spacial score (nSPS) is 16.8. The summed E-state index contributed by atoms with van der Waals surface area (Å²) in [5, 5.41) is 10.6. The van der Waals surface area contributed by atoms with Crippen LogP contribution in [0.5, 0.6) is 11.5 Å². The molecule has 1 aliphatic heterocycles. The highest BCUT2D eigenvalue weighted by Gasteiger charge is 2.23. The number of benzene rings is 1. The Hall–Kier alpha value is -3.29. The van der Waals surface area contributed by atoms with E-state index in [1.165, 1.54) is 29.6 Å². The SMILES string of the molecule is C=C(CCCl)C1=C(CN2CCN(c3ccc(C(=O)O)c(Oc4cnc5[nH]ccc5c4)c3)CC2)CCCC1. The van der Waals surface area contributed by atoms with Gasteiger partial charge in [-0.3, -0.25) is 4.90 Å². The van der Waals surface area contributed by atoms with E-state index in [1.54, 1.807) is 12.3 Å². The number of ether oxygens (including phenoxy) is 1. The van der Waals surface area contributed by atoms with Gasteiger partial charge in [0.05, 0.1) is 6.20 Å². The number of aromatic nitrogens is 2. The maximum Gasteiger partial charge on any atom is 0.339 e. The lowest BCUT2D eigenvalue weighted by Gasteiger charge is -2.37. The van der Waals surface area contributed by atoms with Gasteiger partial charge in [-0.15, -0.1) is 11.6 Å². The largest absolute Gasteiger partial charge is 0.478 e. The third-order valence-corrected chi connectivity index (χ3v) is 7.54. The van der Waals surface area contributed by atoms with E-state index in [0.29, 0.717) is 17.4 Å². The Morgan fingerprint density at radius 1 is 1.14 bits per heavy atom. The van der Waals surface area contributed by atoms with Crippen LogP contribution in [0.25, 0.3) is 11.0 Å². The summed E-state index contributed by atoms with van der Waals surface area (Å²) in [6.45, 7) is 8.93. The van der Waals surface area contributed by atoms with Crippen LogP contribution in [-0.4, -0.2) is 64.5 Å². The van der Waals surface area contributed by atoms with Crippen molar-refractivity contribution in [1.29, 1.82) is 0 Å². The number of carboxylic acids is 1. The molecule has 2 N–H and O–H groups in total. The molecule has 2 aromatic heterocycles. The molecule has 0 spiro atoms. The molecule has 1 saturated heterocycles. The number of H-pyrrole nitrogens is 1. The van der Waals surface area contributed by atoms with Crippen molar-refractivity contribution in [3.63, 3.8) is 0 Å². The van der Waals surface area contributed by atoms with Crippen LogP contribution >= 0.6 is 11.6 Å². The maximum absolute atomic E-state index is 11.9. The topological polar surface area (TPSA) is 81.7 Å². The Kier molecular flexibility index (Phi) is 7.82. The number of fused-ring (bicyclic) bond motifs is 1. The zero-order valence-corrected chi connectivity index (χ0v) is 21.8. The molecule has 37 heavy (non-hydrogen) atoms. The summed E-state index contributed by atoms with van der Waals surface area (Å²) in [6, 6.07) is 9.09. The molecule has 1 aliphatic carbocycles. The maximum atomic E-state index is 11.9. The number of pyridine rings is 1. The lowest BCUT2D eigenvalue weighted by molar-refractivity contribution is 0.0694. The number of halogens is 1. The summed E-state index contributed by atoms with van der Waals surface area (Å²) >= 11 is 5.99. The average Bonchev–Trinajstić information content (AvgIpc) is 3.37. The van der Waals surface area contributed by atoms with E-state index in [2.05, 4.69) is 26.3 Å². The molecular weight excluding hydrogens is 488 g/mol. The first-order chi connectivity index (χ1) is 18.0. The minimum atomic E-state index is -1.02. The molecule has 3 aromatic rings. The van der Waals surface area contributed by atoms with Crippen molar-refractivity contribution in [2.45, 2.75) is 32.1 Å². The van der Waals surface area contributed by atoms with Gasteiger partial charge in [-0.2, -0.15) is 0 Å². The van der Waals surface area contributed by atoms with Crippen molar-refractivity contribution in [1.82, 2.24) is 14.9 Å². The lowest BCUT2D eigenvalue weighted by Crippen LogP contribution is -2.47. The fourth-order valence-electron chi connectivity index (χ4n) is 5.34. The van der Waals surface area contributed by atoms with Gasteiger partial charge in [-0.1, -0.05) is 17.7 Å². The number of hydrogen-bond donors (Lipinski definition) is 2. The van der Waals surface area contributed by atoms with Crippen LogP contribution < -0.4 is 9.64 Å². The molecule has 7 nitrogen and oxygen atoms in total. The van der Waals surface area contributed by atoms with E-state index < -0.39 is 5.97 Å². The van der Waals surface area contributed by atoms with Crippen molar-refractivity contribution >= 4 is 34.3 Å². The second kappa shape index (κ2) is 11.4. The number of hydrogen-bond acceptors (Lipinski definition) is 5. The molecule has 0 radical (unpaired) electrons. The van der Waals surface area contributed by atoms with Crippen molar-refractivity contribution in [3.05, 3.63) is 71.6 Å². The first kappa shape index (κ1) is 25.4. The van der Waals surface area contributed by atoms with Crippen molar-refractivity contribution in [3.8, 4) is 11.5 Å². The Labute approximate surface area is 222 Å². The van der Waals surface area contributed by atoms with E-state index in [1.807, 2.05) is 30.5 Å². The first-order valence-corrected chi connectivity index (χ1v) is 13.5. The molecule has 0 unspecified atom stereocenters. The quantitative estimate of drug-likeness (QED) is 0.325. The Morgan fingerprint density at radius 2 is 1.95 bits per heavy atom. The number of nitrogens with one attached hydrogen (secondary N) is 1. The molecular formula is C29H33ClN4O3. The molecule has 1 fully saturated rings. The molecule has 0 amide bonds. The summed E-state index contributed by atoms with van der Waals surface area (Å²) in [7, 11) is 0. The number of aromatic carboxylic acids is 1. The molecule has 0 atom stereocenters. The minimum absolute atomic E-state index is 0.130. The van der Waals surface area contributed by atoms with E-state index >= 15 is 0 Å². The van der Waals surface area contributed by atoms with Crippen LogP contribution in [0.4, 0.5) is 5.69 Å². The highest BCUT2D eigenvalue weighted by atomic mass is 35.5. The Morgan fingerprint density at radius 3 is 2.73 bits per heavy atom. The van der Waals surface area contributed by atoms with Gasteiger partial charge in [0.15, 0.2) is 0 Å². The van der Waals surface area contributed by atoms with E-state index in [9.17, 15) is 9.90 Å². The molecule has 0 bridgehead atoms. The van der Waals surface area contributed by atoms with Crippen LogP contribution in [0.15, 0.2) is 66.0 Å². The number of carbonyl (C=O) groups is 1. The van der Waals surface area contributed by atoms with Gasteiger partial charge in [-0.25, -0.2) is 9.78 Å². The van der Waals surface area contributed by atoms with Crippen molar-refractivity contribution in [2.75, 3.05) is 43.5 Å². The lowest BCUT2D eigenvalue weighted by atomic mass is 9.86. The van der Waals surface area contributed by atoms with Crippen LogP contribution in [0, 0.1) is 0 Å². The molecule has 194 valence electrons. The molecule has 3 heterocycles. The highest BCUT2D eigenvalue weighted by molar-refractivity contribution is 6.18. The van der Waals surface area contributed by atoms with Gasteiger partial charge in [0, 0.05) is 61.9 Å². The highest BCUT2D eigenvalue weighted by Crippen LogP contribution is 2.33. The Balaban J connectivity index is 1.28. The average molecular weight is 521 g/mol. The third kappa shape index (κ3) is 5.84. The standard InChI is InChI=1S/C29H33ClN4O3/c1-20(8-10-30)25-5-3-2-4-22(25)19-33-12-14-34(15-13-33)23-6-7-26(29(35)36)27(17-23)37-24-16-21-9-11-31-28(21)32-18-24/h6-7,9,11,16-18H,1-5,8,10,12-15,19H2,(H,31,32)(H,35,36). The number of alkyl halides is 1. The van der Waals surface area contributed by atoms with Gasteiger partial charge in [-0.05, 0) is 61.9 Å². The third-order valence-electron chi connectivity index (χ3n) is 7.36. The first-order valence-electron chi connectivity index (χ1n) is 12.9. The van der Waals surface area contributed by atoms with E-state index in [0.717, 1.165) is 68.7 Å². The number of aromatic amines is 1. The zero-order chi connectivity index (χ0) is 25.8. The summed E-state index contributed by atoms with van der Waals surface area (Å²) in [6.07, 6.45) is 9.03. The zero-order valence-electron chi connectivity index (χ0n) is 21.0. The van der Waals surface area contributed by atoms with Crippen molar-refractivity contribution < 1.29 is 14.6 Å². The fourth-order valence-corrected chi connectivity index (χ4v) is 5.57. The predicted molar refractivity (Wildman–Crippen MR) is 148 cm³/mol. The van der Waals surface area contributed by atoms with Gasteiger partial charge < -0.3 is 19.7 Å². The fraction of sp³-hybridized carbons (Fsp3) is 0.379. The number of rotatable bonds is 9. The van der Waals surface area contributed by atoms with Crippen LogP contribution in [0.2, 0.25) is 0 Å². The second-order valence-electron chi connectivity index (χ2n) is 9.77. The summed E-state index contributed by atoms with van der Waals surface area (Å²) < 4.78 is 6.04. The molecule has 5 rings (SSSR count). The summed E-state index contributed by atoms with van der Waals surface area (Å²) in [5.74, 6) is 0.426. The van der Waals surface area contributed by atoms with Gasteiger partial charge in [0.25, 0.3) is 0 Å². The van der Waals surface area contributed by atoms with Gasteiger partial charge in [0.1, 0.15) is 22.7 Å². The summed E-state index contributed by atoms with van der Waals surface area (Å²) in [5.41, 5.74) is 6.04. The Bertz CT molecular complexity index is 1320. The van der Waals surface area contributed by atoms with Crippen LogP contribution in [-0.2, 0) is 0 Å². The van der Waals surface area contributed by atoms with Crippen LogP contribution in [0.1, 0.15) is 42.5 Å². The number of piperazine rings is 1. The number of allylic oxidation sites excluding steroid dienone is 2.